The maximum Gasteiger partial charge on any atom is 0.141 e. The molecule has 0 saturated carbocycles. The van der Waals surface area contributed by atoms with Gasteiger partial charge in [-0.3, -0.25) is 9.88 Å². The zero-order valence-electron chi connectivity index (χ0n) is 15.9. The van der Waals surface area contributed by atoms with E-state index in [9.17, 15) is 14.6 Å². The van der Waals surface area contributed by atoms with Gasteiger partial charge in [-0.25, -0.2) is 9.37 Å². The highest BCUT2D eigenvalue weighted by Crippen LogP contribution is 2.33. The van der Waals surface area contributed by atoms with E-state index < -0.39 is 18.1 Å². The number of aromatic nitrogens is 2. The number of benzene rings is 2. The van der Waals surface area contributed by atoms with Gasteiger partial charge < -0.3 is 15.9 Å². The van der Waals surface area contributed by atoms with Gasteiger partial charge >= 0.3 is 0 Å². The Balaban J connectivity index is 1.67. The van der Waals surface area contributed by atoms with E-state index in [0.717, 1.165) is 18.4 Å². The normalized spacial score (nSPS) is 18.5. The van der Waals surface area contributed by atoms with Crippen LogP contribution in [0, 0.1) is 5.82 Å². The zero-order valence-corrected chi connectivity index (χ0v) is 15.9. The third kappa shape index (κ3) is 4.12. The lowest BCUT2D eigenvalue weighted by Crippen LogP contribution is -2.40. The number of likely N-dealkylation sites (tertiary alicyclic amines) is 1. The number of piperidine rings is 1. The topological polar surface area (TPSA) is 95.5 Å². The zero-order chi connectivity index (χ0) is 20.4. The van der Waals surface area contributed by atoms with Crippen LogP contribution in [0.1, 0.15) is 24.6 Å². The van der Waals surface area contributed by atoms with Gasteiger partial charge in [0.2, 0.25) is 0 Å². The number of hydrogen-bond donors (Lipinski definition) is 3. The van der Waals surface area contributed by atoms with Crippen LogP contribution in [-0.4, -0.2) is 44.3 Å². The lowest BCUT2D eigenvalue weighted by Gasteiger charge is -2.34. The Bertz CT molecular complexity index is 996. The highest BCUT2D eigenvalue weighted by Gasteiger charge is 2.26. The van der Waals surface area contributed by atoms with E-state index in [4.69, 9.17) is 5.73 Å². The number of β-amino-alcohol motifs (C(OH)–C–C–N with tert-alkyl or cyclic N) is 1. The van der Waals surface area contributed by atoms with Gasteiger partial charge in [0.05, 0.1) is 24.2 Å². The number of hydrogen-bond acceptors (Lipinski definition) is 6. The van der Waals surface area contributed by atoms with Gasteiger partial charge in [0.1, 0.15) is 17.9 Å². The van der Waals surface area contributed by atoms with Gasteiger partial charge in [-0.05, 0) is 36.1 Å². The van der Waals surface area contributed by atoms with E-state index in [1.54, 1.807) is 12.1 Å². The highest BCUT2D eigenvalue weighted by atomic mass is 19.1. The minimum Gasteiger partial charge on any atom is -0.392 e. The van der Waals surface area contributed by atoms with E-state index in [2.05, 4.69) is 9.97 Å². The Morgan fingerprint density at radius 3 is 2.66 bits per heavy atom. The summed E-state index contributed by atoms with van der Waals surface area (Å²) in [6.07, 6.45) is 3.08. The van der Waals surface area contributed by atoms with Crippen LogP contribution in [0.3, 0.4) is 0 Å². The first kappa shape index (κ1) is 19.4. The van der Waals surface area contributed by atoms with Crippen molar-refractivity contribution in [2.45, 2.75) is 25.2 Å². The quantitative estimate of drug-likeness (QED) is 0.630. The molecule has 0 spiro atoms. The van der Waals surface area contributed by atoms with Gasteiger partial charge in [0, 0.05) is 24.2 Å². The van der Waals surface area contributed by atoms with Crippen LogP contribution in [-0.2, 0) is 0 Å². The fourth-order valence-corrected chi connectivity index (χ4v) is 3.75. The van der Waals surface area contributed by atoms with Crippen molar-refractivity contribution >= 4 is 5.82 Å². The molecule has 7 heteroatoms. The van der Waals surface area contributed by atoms with E-state index >= 15 is 0 Å². The average molecular weight is 394 g/mol. The summed E-state index contributed by atoms with van der Waals surface area (Å²) in [6, 6.07) is 12.3. The summed E-state index contributed by atoms with van der Waals surface area (Å²) in [5, 5.41) is 20.9. The number of aliphatic hydroxyl groups excluding tert-OH is 2. The lowest BCUT2D eigenvalue weighted by molar-refractivity contribution is -0.0453. The summed E-state index contributed by atoms with van der Waals surface area (Å²) in [6.45, 7) is 1.12. The maximum absolute atomic E-state index is 14.9. The van der Waals surface area contributed by atoms with Crippen molar-refractivity contribution in [2.24, 2.45) is 0 Å². The average Bonchev–Trinajstić information content (AvgIpc) is 2.74. The molecule has 1 aliphatic heterocycles. The first-order valence-electron chi connectivity index (χ1n) is 9.60. The number of anilines is 1. The van der Waals surface area contributed by atoms with Crippen LogP contribution in [0.4, 0.5) is 10.2 Å². The molecular formula is C22H23FN4O2. The molecule has 0 radical (unpaired) electrons. The molecule has 1 aromatic heterocycles. The summed E-state index contributed by atoms with van der Waals surface area (Å²) in [5.41, 5.74) is 8.36. The van der Waals surface area contributed by atoms with Gasteiger partial charge in [-0.2, -0.15) is 0 Å². The second-order valence-electron chi connectivity index (χ2n) is 7.27. The Morgan fingerprint density at radius 1 is 1.10 bits per heavy atom. The van der Waals surface area contributed by atoms with E-state index in [-0.39, 0.29) is 5.82 Å². The Hall–Kier alpha value is -2.87. The number of rotatable bonds is 4. The summed E-state index contributed by atoms with van der Waals surface area (Å²) in [5.74, 6) is -0.157. The van der Waals surface area contributed by atoms with Gasteiger partial charge in [-0.15, -0.1) is 0 Å². The second kappa shape index (κ2) is 8.24. The molecule has 0 aliphatic carbocycles. The van der Waals surface area contributed by atoms with Crippen LogP contribution in [0.25, 0.3) is 22.4 Å². The van der Waals surface area contributed by atoms with Crippen molar-refractivity contribution in [1.29, 1.82) is 0 Å². The number of nitrogen functional groups attached to an aromatic ring is 1. The summed E-state index contributed by atoms with van der Waals surface area (Å²) in [7, 11) is 0. The molecular weight excluding hydrogens is 371 g/mol. The summed E-state index contributed by atoms with van der Waals surface area (Å²) >= 11 is 0. The molecule has 1 fully saturated rings. The third-order valence-corrected chi connectivity index (χ3v) is 5.24. The smallest absolute Gasteiger partial charge is 0.141 e. The lowest BCUT2D eigenvalue weighted by atomic mass is 9.95. The van der Waals surface area contributed by atoms with Crippen molar-refractivity contribution < 1.29 is 14.6 Å². The molecule has 2 aromatic carbocycles. The molecule has 4 rings (SSSR count). The number of halogens is 1. The summed E-state index contributed by atoms with van der Waals surface area (Å²) < 4.78 is 14.9. The number of aliphatic hydroxyl groups is 2. The molecule has 150 valence electrons. The molecule has 1 aliphatic rings. The minimum absolute atomic E-state index is 0.275. The molecule has 2 atom stereocenters. The molecule has 3 aromatic rings. The van der Waals surface area contributed by atoms with Crippen LogP contribution in [0.2, 0.25) is 0 Å². The predicted molar refractivity (Wildman–Crippen MR) is 109 cm³/mol. The molecule has 2 heterocycles. The Labute approximate surface area is 168 Å². The van der Waals surface area contributed by atoms with Crippen molar-refractivity contribution in [1.82, 2.24) is 14.9 Å². The third-order valence-electron chi connectivity index (χ3n) is 5.24. The minimum atomic E-state index is -0.869. The molecule has 0 amide bonds. The molecule has 4 N–H and O–H groups in total. The monoisotopic (exact) mass is 394 g/mol. The maximum atomic E-state index is 14.9. The van der Waals surface area contributed by atoms with Crippen molar-refractivity contribution in [3.8, 4) is 22.4 Å². The molecule has 1 saturated heterocycles. The van der Waals surface area contributed by atoms with Gasteiger partial charge in [0.25, 0.3) is 0 Å². The Kier molecular flexibility index (Phi) is 5.53. The molecule has 1 unspecified atom stereocenters. The first-order chi connectivity index (χ1) is 14.0. The van der Waals surface area contributed by atoms with E-state index in [1.165, 1.54) is 18.5 Å². The summed E-state index contributed by atoms with van der Waals surface area (Å²) in [4.78, 5) is 9.94. The highest BCUT2D eigenvalue weighted by molar-refractivity contribution is 5.72. The fourth-order valence-electron chi connectivity index (χ4n) is 3.75. The molecule has 6 nitrogen and oxygen atoms in total. The van der Waals surface area contributed by atoms with Crippen molar-refractivity contribution in [2.75, 3.05) is 18.8 Å². The van der Waals surface area contributed by atoms with E-state index in [1.807, 2.05) is 29.2 Å². The number of nitrogens with zero attached hydrogens (tertiary/aromatic N) is 3. The van der Waals surface area contributed by atoms with Gasteiger partial charge in [-0.1, -0.05) is 30.3 Å². The number of nitrogens with two attached hydrogens (primary N) is 1. The largest absolute Gasteiger partial charge is 0.392 e. The second-order valence-corrected chi connectivity index (χ2v) is 7.27. The SMILES string of the molecule is Nc1cnc(-c2ccc(-c3ccccc3C(O)N3CCC[C@@H](O)C3)cc2F)cn1. The van der Waals surface area contributed by atoms with Crippen LogP contribution < -0.4 is 5.73 Å². The predicted octanol–water partition coefficient (Wildman–Crippen LogP) is 2.98. The molecule has 0 bridgehead atoms. The van der Waals surface area contributed by atoms with Gasteiger partial charge in [0.15, 0.2) is 0 Å². The Morgan fingerprint density at radius 2 is 1.93 bits per heavy atom. The van der Waals surface area contributed by atoms with E-state index in [0.29, 0.717) is 35.5 Å². The fraction of sp³-hybridized carbons (Fsp3) is 0.273. The van der Waals surface area contributed by atoms with Crippen LogP contribution >= 0.6 is 0 Å². The van der Waals surface area contributed by atoms with Crippen molar-refractivity contribution in [3.05, 3.63) is 66.2 Å². The van der Waals surface area contributed by atoms with Crippen LogP contribution in [0.5, 0.6) is 0 Å². The first-order valence-corrected chi connectivity index (χ1v) is 9.60. The van der Waals surface area contributed by atoms with Crippen molar-refractivity contribution in [3.63, 3.8) is 0 Å². The standard InChI is InChI=1S/C22H23FN4O2/c23-19-10-14(7-8-18(19)20-11-26-21(24)12-25-20)16-5-1-2-6-17(16)22(29)27-9-3-4-15(28)13-27/h1-2,5-8,10-12,15,22,28-29H,3-4,9,13H2,(H2,24,26)/t15-,22?/m1/s1. The van der Waals surface area contributed by atoms with Crippen LogP contribution in [0.15, 0.2) is 54.9 Å². The molecule has 29 heavy (non-hydrogen) atoms.